The predicted molar refractivity (Wildman–Crippen MR) is 88.0 cm³/mol. The van der Waals surface area contributed by atoms with Gasteiger partial charge in [-0.15, -0.1) is 11.8 Å². The Labute approximate surface area is 132 Å². The fraction of sp³-hybridized carbons (Fsp3) is 0.333. The van der Waals surface area contributed by atoms with Gasteiger partial charge >= 0.3 is 0 Å². The minimum absolute atomic E-state index is 0.795. The highest BCUT2D eigenvalue weighted by molar-refractivity contribution is 9.10. The number of hydrogen-bond donors (Lipinski definition) is 1. The van der Waals surface area contributed by atoms with E-state index in [4.69, 9.17) is 0 Å². The molecule has 0 saturated heterocycles. The van der Waals surface area contributed by atoms with Crippen LogP contribution in [0.4, 0.5) is 0 Å². The normalized spacial score (nSPS) is 10.8. The third kappa shape index (κ3) is 4.04. The Morgan fingerprint density at radius 3 is 2.25 bits per heavy atom. The van der Waals surface area contributed by atoms with Crippen LogP contribution in [0.2, 0.25) is 0 Å². The van der Waals surface area contributed by atoms with Crippen molar-refractivity contribution < 1.29 is 0 Å². The zero-order valence-corrected chi connectivity index (χ0v) is 14.3. The Morgan fingerprint density at radius 2 is 1.70 bits per heavy atom. The van der Waals surface area contributed by atoms with Crippen molar-refractivity contribution in [3.05, 3.63) is 51.5 Å². The largest absolute Gasteiger partial charge is 0.316 e. The molecule has 106 valence electrons. The molecule has 0 amide bonds. The first kappa shape index (κ1) is 15.5. The summed E-state index contributed by atoms with van der Waals surface area (Å²) in [4.78, 5) is 10.4. The number of halogens is 1. The van der Waals surface area contributed by atoms with Crippen molar-refractivity contribution in [2.75, 3.05) is 7.05 Å². The van der Waals surface area contributed by atoms with E-state index in [0.29, 0.717) is 0 Å². The number of hydrogen-bond acceptors (Lipinski definition) is 4. The summed E-state index contributed by atoms with van der Waals surface area (Å²) in [5.74, 6) is 1.69. The lowest BCUT2D eigenvalue weighted by Gasteiger charge is -2.10. The Bertz CT molecular complexity index is 561. The molecule has 0 radical (unpaired) electrons. The maximum absolute atomic E-state index is 4.60. The van der Waals surface area contributed by atoms with Crippen molar-refractivity contribution in [3.63, 3.8) is 0 Å². The van der Waals surface area contributed by atoms with E-state index in [9.17, 15) is 0 Å². The molecule has 0 fully saturated rings. The third-order valence-corrected chi connectivity index (χ3v) is 4.54. The van der Waals surface area contributed by atoms with E-state index in [1.165, 1.54) is 10.5 Å². The van der Waals surface area contributed by atoms with Crippen LogP contribution < -0.4 is 5.32 Å². The summed E-state index contributed by atoms with van der Waals surface area (Å²) in [5, 5.41) is 3.16. The summed E-state index contributed by atoms with van der Waals surface area (Å²) >= 11 is 5.20. The molecule has 1 N–H and O–H groups in total. The van der Waals surface area contributed by atoms with Gasteiger partial charge in [0.15, 0.2) is 0 Å². The minimum Gasteiger partial charge on any atom is -0.316 e. The molecule has 5 heteroatoms. The van der Waals surface area contributed by atoms with Crippen LogP contribution in [-0.2, 0) is 12.3 Å². The van der Waals surface area contributed by atoms with Crippen LogP contribution >= 0.6 is 27.7 Å². The number of nitrogens with zero attached hydrogens (tertiary/aromatic N) is 2. The van der Waals surface area contributed by atoms with Crippen molar-refractivity contribution in [2.45, 2.75) is 31.0 Å². The van der Waals surface area contributed by atoms with Gasteiger partial charge in [-0.1, -0.05) is 15.9 Å². The first-order valence-corrected chi connectivity index (χ1v) is 8.24. The molecule has 1 aromatic heterocycles. The molecular weight excluding hydrogens is 334 g/mol. The van der Waals surface area contributed by atoms with Gasteiger partial charge in [0.1, 0.15) is 5.82 Å². The van der Waals surface area contributed by atoms with Gasteiger partial charge in [0.25, 0.3) is 0 Å². The Hall–Kier alpha value is -0.910. The number of nitrogens with one attached hydrogen (secondary N) is 1. The molecule has 0 unspecified atom stereocenters. The monoisotopic (exact) mass is 351 g/mol. The molecule has 0 aliphatic carbocycles. The van der Waals surface area contributed by atoms with Crippen LogP contribution in [0.15, 0.2) is 33.6 Å². The maximum atomic E-state index is 4.60. The summed E-state index contributed by atoms with van der Waals surface area (Å²) in [7, 11) is 1.94. The van der Waals surface area contributed by atoms with Gasteiger partial charge in [-0.2, -0.15) is 0 Å². The standard InChI is InChI=1S/C15H18BrN3S/c1-10-14(8-17-3)11(2)19-15(18-10)9-20-13-6-4-12(16)5-7-13/h4-7,17H,8-9H2,1-3H3. The molecule has 0 bridgehead atoms. The van der Waals surface area contributed by atoms with Crippen LogP contribution in [0.5, 0.6) is 0 Å². The highest BCUT2D eigenvalue weighted by Crippen LogP contribution is 2.23. The summed E-state index contributed by atoms with van der Waals surface area (Å²) in [6, 6.07) is 8.30. The van der Waals surface area contributed by atoms with Crippen LogP contribution in [0.1, 0.15) is 22.8 Å². The topological polar surface area (TPSA) is 37.8 Å². The molecule has 2 rings (SSSR count). The van der Waals surface area contributed by atoms with E-state index in [1.54, 1.807) is 11.8 Å². The van der Waals surface area contributed by atoms with Gasteiger partial charge in [0.05, 0.1) is 5.75 Å². The third-order valence-electron chi connectivity index (χ3n) is 3.00. The predicted octanol–water partition coefficient (Wildman–Crippen LogP) is 3.87. The molecule has 0 saturated carbocycles. The fourth-order valence-corrected chi connectivity index (χ4v) is 3.00. The van der Waals surface area contributed by atoms with Crippen LogP contribution in [-0.4, -0.2) is 17.0 Å². The molecule has 0 aliphatic rings. The number of aromatic nitrogens is 2. The van der Waals surface area contributed by atoms with Crippen molar-refractivity contribution in [2.24, 2.45) is 0 Å². The zero-order valence-electron chi connectivity index (χ0n) is 11.9. The SMILES string of the molecule is CNCc1c(C)nc(CSc2ccc(Br)cc2)nc1C. The molecule has 2 aromatic rings. The molecule has 20 heavy (non-hydrogen) atoms. The maximum Gasteiger partial charge on any atom is 0.139 e. The van der Waals surface area contributed by atoms with E-state index in [0.717, 1.165) is 34.0 Å². The summed E-state index contributed by atoms with van der Waals surface area (Å²) < 4.78 is 1.10. The van der Waals surface area contributed by atoms with Gasteiger partial charge in [0, 0.05) is 32.9 Å². The van der Waals surface area contributed by atoms with E-state index >= 15 is 0 Å². The van der Waals surface area contributed by atoms with Gasteiger partial charge in [0.2, 0.25) is 0 Å². The summed E-state index contributed by atoms with van der Waals surface area (Å²) in [5.41, 5.74) is 3.33. The number of thioether (sulfide) groups is 1. The highest BCUT2D eigenvalue weighted by atomic mass is 79.9. The molecule has 0 atom stereocenters. The van der Waals surface area contributed by atoms with E-state index in [-0.39, 0.29) is 0 Å². The Kier molecular flexibility index (Phi) is 5.57. The number of rotatable bonds is 5. The van der Waals surface area contributed by atoms with Gasteiger partial charge < -0.3 is 5.32 Å². The lowest BCUT2D eigenvalue weighted by molar-refractivity contribution is 0.778. The van der Waals surface area contributed by atoms with Gasteiger partial charge in [-0.05, 0) is 45.2 Å². The van der Waals surface area contributed by atoms with Crippen molar-refractivity contribution in [3.8, 4) is 0 Å². The summed E-state index contributed by atoms with van der Waals surface area (Å²) in [6.07, 6.45) is 0. The smallest absolute Gasteiger partial charge is 0.139 e. The first-order valence-electron chi connectivity index (χ1n) is 6.46. The van der Waals surface area contributed by atoms with Crippen molar-refractivity contribution in [1.82, 2.24) is 15.3 Å². The molecule has 0 spiro atoms. The van der Waals surface area contributed by atoms with Crippen LogP contribution in [0.3, 0.4) is 0 Å². The number of benzene rings is 1. The van der Waals surface area contributed by atoms with Gasteiger partial charge in [-0.25, -0.2) is 9.97 Å². The van der Waals surface area contributed by atoms with Crippen LogP contribution in [0, 0.1) is 13.8 Å². The quantitative estimate of drug-likeness (QED) is 0.829. The van der Waals surface area contributed by atoms with E-state index in [1.807, 2.05) is 7.05 Å². The Morgan fingerprint density at radius 1 is 1.10 bits per heavy atom. The molecule has 1 heterocycles. The van der Waals surface area contributed by atoms with Gasteiger partial charge in [-0.3, -0.25) is 0 Å². The van der Waals surface area contributed by atoms with Crippen molar-refractivity contribution in [1.29, 1.82) is 0 Å². The average Bonchev–Trinajstić information content (AvgIpc) is 2.42. The second kappa shape index (κ2) is 7.20. The number of aryl methyl sites for hydroxylation is 2. The van der Waals surface area contributed by atoms with E-state index < -0.39 is 0 Å². The minimum atomic E-state index is 0.795. The summed E-state index contributed by atoms with van der Waals surface area (Å²) in [6.45, 7) is 4.92. The first-order chi connectivity index (χ1) is 9.60. The molecule has 3 nitrogen and oxygen atoms in total. The Balaban J connectivity index is 2.08. The second-order valence-corrected chi connectivity index (χ2v) is 6.53. The lowest BCUT2D eigenvalue weighted by Crippen LogP contribution is -2.12. The average molecular weight is 352 g/mol. The van der Waals surface area contributed by atoms with E-state index in [2.05, 4.69) is 69.3 Å². The fourth-order valence-electron chi connectivity index (χ4n) is 1.98. The second-order valence-electron chi connectivity index (χ2n) is 4.56. The van der Waals surface area contributed by atoms with Crippen molar-refractivity contribution >= 4 is 27.7 Å². The highest BCUT2D eigenvalue weighted by Gasteiger charge is 2.08. The molecule has 1 aromatic carbocycles. The van der Waals surface area contributed by atoms with Crippen LogP contribution in [0.25, 0.3) is 0 Å². The zero-order chi connectivity index (χ0) is 14.5. The molecular formula is C15H18BrN3S. The lowest BCUT2D eigenvalue weighted by atomic mass is 10.1. The molecule has 0 aliphatic heterocycles.